The van der Waals surface area contributed by atoms with Crippen LogP contribution in [0.2, 0.25) is 0 Å². The Hall–Kier alpha value is -3.55. The summed E-state index contributed by atoms with van der Waals surface area (Å²) in [6, 6.07) is 10.6. The first-order valence-corrected chi connectivity index (χ1v) is 7.76. The standard InChI is InChI=1S/C18H15FN4O3/c19-14-5-1-2-6-15(14)26-11-17(25)21-10-13-8-16(24)23-18(22-13)12-4-3-7-20-9-12/h1-9H,10-11H2,(H,21,25)(H,22,23,24). The van der Waals surface area contributed by atoms with Crippen LogP contribution in [0.15, 0.2) is 59.7 Å². The van der Waals surface area contributed by atoms with Crippen LogP contribution in [0, 0.1) is 5.82 Å². The lowest BCUT2D eigenvalue weighted by Crippen LogP contribution is -2.29. The van der Waals surface area contributed by atoms with Gasteiger partial charge in [0.1, 0.15) is 5.82 Å². The van der Waals surface area contributed by atoms with Crippen LogP contribution in [-0.2, 0) is 11.3 Å². The fraction of sp³-hybridized carbons (Fsp3) is 0.111. The number of aromatic amines is 1. The lowest BCUT2D eigenvalue weighted by Gasteiger charge is -2.08. The molecule has 1 amide bonds. The third kappa shape index (κ3) is 4.50. The summed E-state index contributed by atoms with van der Waals surface area (Å²) in [5, 5.41) is 2.58. The molecule has 26 heavy (non-hydrogen) atoms. The van der Waals surface area contributed by atoms with Crippen molar-refractivity contribution >= 4 is 5.91 Å². The average Bonchev–Trinajstić information content (AvgIpc) is 2.66. The number of benzene rings is 1. The zero-order chi connectivity index (χ0) is 18.4. The van der Waals surface area contributed by atoms with E-state index in [1.54, 1.807) is 30.6 Å². The number of H-pyrrole nitrogens is 1. The van der Waals surface area contributed by atoms with E-state index < -0.39 is 11.7 Å². The summed E-state index contributed by atoms with van der Waals surface area (Å²) in [5.74, 6) is -0.649. The summed E-state index contributed by atoms with van der Waals surface area (Å²) in [4.78, 5) is 34.5. The van der Waals surface area contributed by atoms with Crippen molar-refractivity contribution in [3.63, 3.8) is 0 Å². The molecule has 0 radical (unpaired) electrons. The topological polar surface area (TPSA) is 97.0 Å². The van der Waals surface area contributed by atoms with Gasteiger partial charge in [-0.05, 0) is 24.3 Å². The Bertz CT molecular complexity index is 960. The Balaban J connectivity index is 1.61. The first-order chi connectivity index (χ1) is 12.6. The van der Waals surface area contributed by atoms with Crippen LogP contribution in [0.4, 0.5) is 4.39 Å². The molecule has 0 unspecified atom stereocenters. The monoisotopic (exact) mass is 354 g/mol. The second-order valence-electron chi connectivity index (χ2n) is 5.32. The number of pyridine rings is 1. The molecule has 1 aromatic carbocycles. The minimum Gasteiger partial charge on any atom is -0.481 e. The normalized spacial score (nSPS) is 10.3. The predicted octanol–water partition coefficient (Wildman–Crippen LogP) is 1.67. The number of nitrogens with zero attached hydrogens (tertiary/aromatic N) is 2. The molecule has 132 valence electrons. The summed E-state index contributed by atoms with van der Waals surface area (Å²) < 4.78 is 18.6. The number of carbonyl (C=O) groups is 1. The van der Waals surface area contributed by atoms with Gasteiger partial charge in [0.25, 0.3) is 11.5 Å². The van der Waals surface area contributed by atoms with Crippen molar-refractivity contribution in [1.29, 1.82) is 0 Å². The molecule has 0 aliphatic heterocycles. The van der Waals surface area contributed by atoms with Gasteiger partial charge in [-0.1, -0.05) is 12.1 Å². The SMILES string of the molecule is O=C(COc1ccccc1F)NCc1cc(=O)[nH]c(-c2cccnc2)n1. The summed E-state index contributed by atoms with van der Waals surface area (Å²) in [7, 11) is 0. The number of nitrogens with one attached hydrogen (secondary N) is 2. The molecule has 0 atom stereocenters. The summed E-state index contributed by atoms with van der Waals surface area (Å²) in [6.45, 7) is -0.309. The number of carbonyl (C=O) groups excluding carboxylic acids is 1. The van der Waals surface area contributed by atoms with Crippen LogP contribution in [0.1, 0.15) is 5.69 Å². The molecular weight excluding hydrogens is 339 g/mol. The zero-order valence-corrected chi connectivity index (χ0v) is 13.6. The first-order valence-electron chi connectivity index (χ1n) is 7.76. The van der Waals surface area contributed by atoms with Gasteiger partial charge in [0.15, 0.2) is 18.2 Å². The van der Waals surface area contributed by atoms with E-state index in [4.69, 9.17) is 4.74 Å². The predicted molar refractivity (Wildman–Crippen MR) is 91.8 cm³/mol. The third-order valence-electron chi connectivity index (χ3n) is 3.39. The van der Waals surface area contributed by atoms with Gasteiger partial charge >= 0.3 is 0 Å². The minimum absolute atomic E-state index is 0.00389. The van der Waals surface area contributed by atoms with Crippen LogP contribution in [-0.4, -0.2) is 27.5 Å². The van der Waals surface area contributed by atoms with Gasteiger partial charge in [-0.3, -0.25) is 14.6 Å². The van der Waals surface area contributed by atoms with Gasteiger partial charge in [0, 0.05) is 24.0 Å². The Morgan fingerprint density at radius 1 is 1.23 bits per heavy atom. The van der Waals surface area contributed by atoms with Crippen LogP contribution in [0.3, 0.4) is 0 Å². The number of hydrogen-bond acceptors (Lipinski definition) is 5. The Labute approximate surface area is 147 Å². The first kappa shape index (κ1) is 17.3. The maximum Gasteiger partial charge on any atom is 0.258 e. The van der Waals surface area contributed by atoms with Gasteiger partial charge in [-0.25, -0.2) is 9.37 Å². The second kappa shape index (κ2) is 8.02. The largest absolute Gasteiger partial charge is 0.481 e. The molecule has 0 fully saturated rings. The molecule has 2 aromatic heterocycles. The van der Waals surface area contributed by atoms with Crippen molar-refractivity contribution in [2.75, 3.05) is 6.61 Å². The summed E-state index contributed by atoms with van der Waals surface area (Å²) in [5.41, 5.74) is 0.693. The summed E-state index contributed by atoms with van der Waals surface area (Å²) >= 11 is 0. The fourth-order valence-electron chi connectivity index (χ4n) is 2.18. The van der Waals surface area contributed by atoms with Crippen molar-refractivity contribution in [1.82, 2.24) is 20.3 Å². The smallest absolute Gasteiger partial charge is 0.258 e. The molecule has 3 aromatic rings. The Kier molecular flexibility index (Phi) is 5.33. The van der Waals surface area contributed by atoms with Crippen molar-refractivity contribution in [3.8, 4) is 17.1 Å². The third-order valence-corrected chi connectivity index (χ3v) is 3.39. The van der Waals surface area contributed by atoms with E-state index in [0.29, 0.717) is 17.1 Å². The lowest BCUT2D eigenvalue weighted by molar-refractivity contribution is -0.123. The van der Waals surface area contributed by atoms with Crippen LogP contribution < -0.4 is 15.6 Å². The number of halogens is 1. The quantitative estimate of drug-likeness (QED) is 0.702. The van der Waals surface area contributed by atoms with E-state index in [9.17, 15) is 14.0 Å². The van der Waals surface area contributed by atoms with E-state index in [2.05, 4.69) is 20.3 Å². The van der Waals surface area contributed by atoms with E-state index in [1.807, 2.05) is 0 Å². The van der Waals surface area contributed by atoms with Gasteiger partial charge in [-0.15, -0.1) is 0 Å². The van der Waals surface area contributed by atoms with Crippen LogP contribution in [0.25, 0.3) is 11.4 Å². The van der Waals surface area contributed by atoms with Gasteiger partial charge < -0.3 is 15.0 Å². The molecule has 0 aliphatic carbocycles. The molecule has 3 rings (SSSR count). The highest BCUT2D eigenvalue weighted by atomic mass is 19.1. The summed E-state index contributed by atoms with van der Waals surface area (Å²) in [6.07, 6.45) is 3.18. The van der Waals surface area contributed by atoms with Gasteiger partial charge in [-0.2, -0.15) is 0 Å². The lowest BCUT2D eigenvalue weighted by atomic mass is 10.2. The second-order valence-corrected chi connectivity index (χ2v) is 5.32. The highest BCUT2D eigenvalue weighted by molar-refractivity contribution is 5.77. The zero-order valence-electron chi connectivity index (χ0n) is 13.6. The molecule has 0 saturated heterocycles. The fourth-order valence-corrected chi connectivity index (χ4v) is 2.18. The number of aromatic nitrogens is 3. The van der Waals surface area contributed by atoms with Crippen LogP contribution >= 0.6 is 0 Å². The molecular formula is C18H15FN4O3. The van der Waals surface area contributed by atoms with E-state index >= 15 is 0 Å². The highest BCUT2D eigenvalue weighted by Gasteiger charge is 2.08. The molecule has 0 saturated carbocycles. The molecule has 7 nitrogen and oxygen atoms in total. The number of ether oxygens (including phenoxy) is 1. The van der Waals surface area contributed by atoms with Gasteiger partial charge in [0.2, 0.25) is 0 Å². The van der Waals surface area contributed by atoms with E-state index in [-0.39, 0.29) is 24.5 Å². The Morgan fingerprint density at radius 2 is 2.08 bits per heavy atom. The number of rotatable bonds is 6. The number of para-hydroxylation sites is 1. The minimum atomic E-state index is -0.544. The molecule has 0 spiro atoms. The van der Waals surface area contributed by atoms with Crippen LogP contribution in [0.5, 0.6) is 5.75 Å². The number of amides is 1. The Morgan fingerprint density at radius 3 is 2.85 bits per heavy atom. The van der Waals surface area contributed by atoms with E-state index in [1.165, 1.54) is 24.3 Å². The van der Waals surface area contributed by atoms with Crippen molar-refractivity contribution in [2.45, 2.75) is 6.54 Å². The molecule has 0 bridgehead atoms. The molecule has 2 heterocycles. The maximum atomic E-state index is 13.4. The van der Waals surface area contributed by atoms with Gasteiger partial charge in [0.05, 0.1) is 12.2 Å². The molecule has 8 heteroatoms. The van der Waals surface area contributed by atoms with E-state index in [0.717, 1.165) is 0 Å². The van der Waals surface area contributed by atoms with Crippen molar-refractivity contribution < 1.29 is 13.9 Å². The average molecular weight is 354 g/mol. The van der Waals surface area contributed by atoms with Crippen molar-refractivity contribution in [3.05, 3.63) is 76.7 Å². The van der Waals surface area contributed by atoms with Crippen molar-refractivity contribution in [2.24, 2.45) is 0 Å². The number of hydrogen-bond donors (Lipinski definition) is 2. The highest BCUT2D eigenvalue weighted by Crippen LogP contribution is 2.15. The maximum absolute atomic E-state index is 13.4. The molecule has 0 aliphatic rings. The molecule has 2 N–H and O–H groups in total.